The third-order valence-corrected chi connectivity index (χ3v) is 7.38. The number of thioether (sulfide) groups is 1. The zero-order chi connectivity index (χ0) is 32.9. The van der Waals surface area contributed by atoms with Crippen LogP contribution in [0.2, 0.25) is 0 Å². The van der Waals surface area contributed by atoms with Crippen LogP contribution in [0.25, 0.3) is 0 Å². The van der Waals surface area contributed by atoms with Gasteiger partial charge in [0.25, 0.3) is 0 Å². The fourth-order valence-corrected chi connectivity index (χ4v) is 4.84. The molecule has 1 unspecified atom stereocenters. The van der Waals surface area contributed by atoms with Gasteiger partial charge in [-0.1, -0.05) is 37.7 Å². The van der Waals surface area contributed by atoms with Gasteiger partial charge in [0.2, 0.25) is 17.7 Å². The second kappa shape index (κ2) is 17.2. The SMILES string of the molecule is COc1ccc(CC2OCC(C)(C)[C@H](C(=O)NCCC(=O)NCCSC(=O)CC[C@H](NC(=O)OC(C)(C)C)C(N)=O)O2)cc1. The van der Waals surface area contributed by atoms with Crippen molar-refractivity contribution in [2.45, 2.75) is 84.3 Å². The highest BCUT2D eigenvalue weighted by Crippen LogP contribution is 2.31. The van der Waals surface area contributed by atoms with Crippen LogP contribution in [-0.2, 0) is 39.8 Å². The molecular formula is C30H46N4O9S. The quantitative estimate of drug-likeness (QED) is 0.207. The van der Waals surface area contributed by atoms with E-state index in [9.17, 15) is 24.0 Å². The normalized spacial score (nSPS) is 18.4. The number of nitrogens with one attached hydrogen (secondary N) is 3. The molecule has 1 aromatic rings. The first-order valence-corrected chi connectivity index (χ1v) is 15.5. The Labute approximate surface area is 263 Å². The minimum Gasteiger partial charge on any atom is -0.497 e. The molecule has 1 aliphatic heterocycles. The lowest BCUT2D eigenvalue weighted by molar-refractivity contribution is -0.253. The molecule has 44 heavy (non-hydrogen) atoms. The number of alkyl carbamates (subject to hydrolysis) is 1. The van der Waals surface area contributed by atoms with E-state index in [4.69, 9.17) is 24.7 Å². The molecule has 246 valence electrons. The summed E-state index contributed by atoms with van der Waals surface area (Å²) in [6.45, 7) is 9.53. The topological polar surface area (TPSA) is 184 Å². The summed E-state index contributed by atoms with van der Waals surface area (Å²) in [5.41, 5.74) is 5.01. The lowest BCUT2D eigenvalue weighted by Gasteiger charge is -2.41. The Hall–Kier alpha value is -3.36. The van der Waals surface area contributed by atoms with Crippen LogP contribution in [0.3, 0.4) is 0 Å². The number of methoxy groups -OCH3 is 1. The Kier molecular flexibility index (Phi) is 14.4. The molecule has 14 heteroatoms. The van der Waals surface area contributed by atoms with E-state index >= 15 is 0 Å². The van der Waals surface area contributed by atoms with Crippen LogP contribution in [0.5, 0.6) is 5.75 Å². The Bertz CT molecular complexity index is 1140. The van der Waals surface area contributed by atoms with Gasteiger partial charge in [0.1, 0.15) is 23.5 Å². The van der Waals surface area contributed by atoms with Crippen LogP contribution in [0.15, 0.2) is 24.3 Å². The highest BCUT2D eigenvalue weighted by atomic mass is 32.2. The van der Waals surface area contributed by atoms with E-state index in [0.29, 0.717) is 18.8 Å². The number of nitrogens with two attached hydrogens (primary N) is 1. The highest BCUT2D eigenvalue weighted by molar-refractivity contribution is 8.13. The van der Waals surface area contributed by atoms with Gasteiger partial charge in [-0.15, -0.1) is 0 Å². The number of amides is 4. The van der Waals surface area contributed by atoms with Gasteiger partial charge >= 0.3 is 6.09 Å². The number of rotatable bonds is 15. The van der Waals surface area contributed by atoms with Gasteiger partial charge in [-0.25, -0.2) is 4.79 Å². The molecular weight excluding hydrogens is 592 g/mol. The van der Waals surface area contributed by atoms with Crippen molar-refractivity contribution in [1.82, 2.24) is 16.0 Å². The van der Waals surface area contributed by atoms with Crippen LogP contribution >= 0.6 is 11.8 Å². The van der Waals surface area contributed by atoms with Gasteiger partial charge in [0.15, 0.2) is 11.4 Å². The monoisotopic (exact) mass is 638 g/mol. The molecule has 1 heterocycles. The Morgan fingerprint density at radius 2 is 1.75 bits per heavy atom. The van der Waals surface area contributed by atoms with E-state index in [0.717, 1.165) is 23.1 Å². The molecule has 0 saturated carbocycles. The molecule has 1 fully saturated rings. The molecule has 2 rings (SSSR count). The van der Waals surface area contributed by atoms with Gasteiger partial charge < -0.3 is 40.6 Å². The van der Waals surface area contributed by atoms with Crippen molar-refractivity contribution in [2.75, 3.05) is 32.6 Å². The molecule has 0 spiro atoms. The molecule has 3 atom stereocenters. The largest absolute Gasteiger partial charge is 0.497 e. The summed E-state index contributed by atoms with van der Waals surface area (Å²) in [4.78, 5) is 60.9. The number of hydrogen-bond acceptors (Lipinski definition) is 10. The molecule has 5 N–H and O–H groups in total. The van der Waals surface area contributed by atoms with E-state index in [-0.39, 0.29) is 49.3 Å². The van der Waals surface area contributed by atoms with Crippen molar-refractivity contribution in [2.24, 2.45) is 11.1 Å². The molecule has 1 aliphatic rings. The molecule has 13 nitrogen and oxygen atoms in total. The van der Waals surface area contributed by atoms with Crippen molar-refractivity contribution in [1.29, 1.82) is 0 Å². The molecule has 0 radical (unpaired) electrons. The van der Waals surface area contributed by atoms with Crippen LogP contribution in [-0.4, -0.2) is 85.5 Å². The molecule has 1 aromatic carbocycles. The first-order valence-electron chi connectivity index (χ1n) is 14.5. The van der Waals surface area contributed by atoms with Crippen molar-refractivity contribution in [3.05, 3.63) is 29.8 Å². The van der Waals surface area contributed by atoms with Crippen LogP contribution in [0, 0.1) is 5.41 Å². The molecule has 0 bridgehead atoms. The fraction of sp³-hybridized carbons (Fsp3) is 0.633. The summed E-state index contributed by atoms with van der Waals surface area (Å²) in [7, 11) is 1.60. The van der Waals surface area contributed by atoms with Gasteiger partial charge in [-0.2, -0.15) is 0 Å². The second-order valence-electron chi connectivity index (χ2n) is 12.0. The number of primary amides is 1. The highest BCUT2D eigenvalue weighted by Gasteiger charge is 2.42. The predicted molar refractivity (Wildman–Crippen MR) is 165 cm³/mol. The van der Waals surface area contributed by atoms with E-state index in [2.05, 4.69) is 16.0 Å². The number of hydrogen-bond donors (Lipinski definition) is 4. The second-order valence-corrected chi connectivity index (χ2v) is 13.2. The average Bonchev–Trinajstić information content (AvgIpc) is 2.93. The van der Waals surface area contributed by atoms with Gasteiger partial charge in [0, 0.05) is 43.5 Å². The van der Waals surface area contributed by atoms with Crippen LogP contribution in [0.1, 0.15) is 59.4 Å². The fourth-order valence-electron chi connectivity index (χ4n) is 4.14. The Morgan fingerprint density at radius 3 is 2.36 bits per heavy atom. The lowest BCUT2D eigenvalue weighted by Crippen LogP contribution is -2.54. The summed E-state index contributed by atoms with van der Waals surface area (Å²) >= 11 is 0.997. The Morgan fingerprint density at radius 1 is 1.07 bits per heavy atom. The van der Waals surface area contributed by atoms with E-state index in [1.807, 2.05) is 38.1 Å². The zero-order valence-electron chi connectivity index (χ0n) is 26.4. The zero-order valence-corrected chi connectivity index (χ0v) is 27.2. The van der Waals surface area contributed by atoms with E-state index < -0.39 is 41.5 Å². The van der Waals surface area contributed by atoms with Gasteiger partial charge in [-0.3, -0.25) is 19.2 Å². The van der Waals surface area contributed by atoms with Crippen molar-refractivity contribution in [3.63, 3.8) is 0 Å². The smallest absolute Gasteiger partial charge is 0.408 e. The maximum absolute atomic E-state index is 12.9. The standard InChI is InChI=1S/C30H46N4O9S/c1-29(2,3)43-28(39)34-21(26(31)37)11-12-23(36)44-16-15-32-22(35)13-14-33-27(38)25-30(4,5)18-41-24(42-25)17-19-7-9-20(40-6)10-8-19/h7-10,21,24-25H,11-18H2,1-6H3,(H2,31,37)(H,32,35)(H,33,38)(H,34,39)/t21-,24?,25-/m0/s1. The van der Waals surface area contributed by atoms with Gasteiger partial charge in [-0.05, 0) is 44.9 Å². The minimum atomic E-state index is -1.04. The summed E-state index contributed by atoms with van der Waals surface area (Å²) < 4.78 is 22.2. The maximum Gasteiger partial charge on any atom is 0.408 e. The summed E-state index contributed by atoms with van der Waals surface area (Å²) in [6.07, 6.45) is -1.57. The lowest BCUT2D eigenvalue weighted by atomic mass is 9.85. The maximum atomic E-state index is 12.9. The molecule has 0 aliphatic carbocycles. The molecule has 0 aromatic heterocycles. The minimum absolute atomic E-state index is 0.000368. The third kappa shape index (κ3) is 13.5. The van der Waals surface area contributed by atoms with Crippen molar-refractivity contribution < 1.29 is 42.9 Å². The first-order chi connectivity index (χ1) is 20.6. The van der Waals surface area contributed by atoms with Crippen LogP contribution in [0.4, 0.5) is 4.79 Å². The molecule has 1 saturated heterocycles. The number of benzene rings is 1. The molecule has 4 amide bonds. The van der Waals surface area contributed by atoms with Crippen LogP contribution < -0.4 is 26.4 Å². The van der Waals surface area contributed by atoms with Crippen molar-refractivity contribution >= 4 is 40.7 Å². The van der Waals surface area contributed by atoms with Crippen molar-refractivity contribution in [3.8, 4) is 5.75 Å². The summed E-state index contributed by atoms with van der Waals surface area (Å²) in [5, 5.41) is 7.65. The van der Waals surface area contributed by atoms with E-state index in [1.54, 1.807) is 27.9 Å². The van der Waals surface area contributed by atoms with Gasteiger partial charge in [0.05, 0.1) is 13.7 Å². The Balaban J connectivity index is 1.66. The average molecular weight is 639 g/mol. The number of ether oxygens (including phenoxy) is 4. The third-order valence-electron chi connectivity index (χ3n) is 6.45. The predicted octanol–water partition coefficient (Wildman–Crippen LogP) is 2.05. The number of carbonyl (C=O) groups is 5. The number of carbonyl (C=O) groups excluding carboxylic acids is 5. The van der Waals surface area contributed by atoms with E-state index in [1.165, 1.54) is 0 Å². The summed E-state index contributed by atoms with van der Waals surface area (Å²) in [6, 6.07) is 6.49. The first kappa shape index (κ1) is 36.8. The summed E-state index contributed by atoms with van der Waals surface area (Å²) in [5.74, 6) is -0.304.